The zero-order valence-electron chi connectivity index (χ0n) is 12.6. The van der Waals surface area contributed by atoms with E-state index >= 15 is 0 Å². The zero-order valence-corrected chi connectivity index (χ0v) is 12.6. The monoisotopic (exact) mass is 328 g/mol. The summed E-state index contributed by atoms with van der Waals surface area (Å²) in [6.45, 7) is 1.44. The van der Waals surface area contributed by atoms with Gasteiger partial charge in [0.05, 0.1) is 12.2 Å². The van der Waals surface area contributed by atoms with Crippen molar-refractivity contribution in [2.24, 2.45) is 5.73 Å². The normalized spacial score (nSPS) is 26.0. The smallest absolute Gasteiger partial charge is 0.367 e. The quantitative estimate of drug-likeness (QED) is 0.905. The Morgan fingerprint density at radius 3 is 2.35 bits per heavy atom. The van der Waals surface area contributed by atoms with E-state index < -0.39 is 17.8 Å². The highest BCUT2D eigenvalue weighted by atomic mass is 19.4. The average Bonchev–Trinajstić information content (AvgIpc) is 2.46. The van der Waals surface area contributed by atoms with Crippen LogP contribution in [0.2, 0.25) is 0 Å². The minimum atomic E-state index is -4.32. The summed E-state index contributed by atoms with van der Waals surface area (Å²) in [5.41, 5.74) is 5.91. The average molecular weight is 328 g/mol. The molecule has 1 aromatic carbocycles. The van der Waals surface area contributed by atoms with Crippen LogP contribution in [-0.2, 0) is 15.7 Å². The molecule has 2 aliphatic rings. The minimum Gasteiger partial charge on any atom is -0.367 e. The topological polar surface area (TPSA) is 55.6 Å². The number of alkyl halides is 3. The first-order chi connectivity index (χ1) is 10.8. The van der Waals surface area contributed by atoms with Crippen molar-refractivity contribution in [2.45, 2.75) is 37.1 Å². The van der Waals surface area contributed by atoms with Crippen LogP contribution in [-0.4, -0.2) is 42.6 Å². The molecule has 1 amide bonds. The first kappa shape index (κ1) is 16.3. The van der Waals surface area contributed by atoms with Gasteiger partial charge in [-0.3, -0.25) is 4.79 Å². The van der Waals surface area contributed by atoms with E-state index in [4.69, 9.17) is 10.5 Å². The van der Waals surface area contributed by atoms with E-state index in [-0.39, 0.29) is 17.9 Å². The Balaban J connectivity index is 1.53. The van der Waals surface area contributed by atoms with Gasteiger partial charge in [-0.1, -0.05) is 12.1 Å². The summed E-state index contributed by atoms with van der Waals surface area (Å²) in [5, 5.41) is 0. The van der Waals surface area contributed by atoms with Crippen molar-refractivity contribution in [3.63, 3.8) is 0 Å². The Morgan fingerprint density at radius 2 is 1.83 bits per heavy atom. The number of ether oxygens (including phenoxy) is 1. The Labute approximate surface area is 132 Å². The predicted octanol–water partition coefficient (Wildman–Crippen LogP) is 2.14. The molecule has 126 valence electrons. The first-order valence-electron chi connectivity index (χ1n) is 7.67. The molecule has 7 heteroatoms. The van der Waals surface area contributed by atoms with E-state index in [9.17, 15) is 18.0 Å². The maximum Gasteiger partial charge on any atom is 0.416 e. The second kappa shape index (κ2) is 6.13. The summed E-state index contributed by atoms with van der Waals surface area (Å²) < 4.78 is 43.1. The lowest BCUT2D eigenvalue weighted by atomic mass is 9.90. The van der Waals surface area contributed by atoms with Crippen LogP contribution in [0.15, 0.2) is 24.3 Å². The Bertz CT molecular complexity index is 560. The van der Waals surface area contributed by atoms with Gasteiger partial charge in [0.25, 0.3) is 5.91 Å². The summed E-state index contributed by atoms with van der Waals surface area (Å²) in [4.78, 5) is 14.0. The van der Waals surface area contributed by atoms with Gasteiger partial charge in [-0.25, -0.2) is 0 Å². The second-order valence-corrected chi connectivity index (χ2v) is 6.22. The van der Waals surface area contributed by atoms with Gasteiger partial charge in [0.2, 0.25) is 0 Å². The van der Waals surface area contributed by atoms with Gasteiger partial charge in [0.1, 0.15) is 6.10 Å². The predicted molar refractivity (Wildman–Crippen MR) is 77.7 cm³/mol. The standard InChI is InChI=1S/C16H19F3N2O2/c17-16(18,19)12-3-1-10(2-4-12)11-7-21(8-11)15(22)14-6-5-13(20)9-23-14/h1-4,11,13-14H,5-9,20H2/t13-,14+/m1/s1. The third-order valence-corrected chi connectivity index (χ3v) is 4.49. The number of benzene rings is 1. The van der Waals surface area contributed by atoms with Gasteiger partial charge < -0.3 is 15.4 Å². The lowest BCUT2D eigenvalue weighted by Crippen LogP contribution is -2.54. The maximum absolute atomic E-state index is 12.5. The molecule has 2 atom stereocenters. The molecule has 0 aromatic heterocycles. The molecule has 0 radical (unpaired) electrons. The zero-order chi connectivity index (χ0) is 16.6. The minimum absolute atomic E-state index is 0.00432. The molecule has 0 bridgehead atoms. The van der Waals surface area contributed by atoms with E-state index in [0.717, 1.165) is 24.1 Å². The molecule has 23 heavy (non-hydrogen) atoms. The van der Waals surface area contributed by atoms with Gasteiger partial charge in [-0.05, 0) is 30.5 Å². The van der Waals surface area contributed by atoms with Crippen LogP contribution >= 0.6 is 0 Å². The molecule has 2 heterocycles. The molecule has 2 saturated heterocycles. The van der Waals surface area contributed by atoms with Gasteiger partial charge in [0.15, 0.2) is 0 Å². The lowest BCUT2D eigenvalue weighted by Gasteiger charge is -2.42. The van der Waals surface area contributed by atoms with Crippen molar-refractivity contribution in [1.29, 1.82) is 0 Å². The highest BCUT2D eigenvalue weighted by Crippen LogP contribution is 2.33. The maximum atomic E-state index is 12.5. The molecule has 0 aliphatic carbocycles. The second-order valence-electron chi connectivity index (χ2n) is 6.22. The number of amides is 1. The van der Waals surface area contributed by atoms with Gasteiger partial charge in [-0.15, -0.1) is 0 Å². The summed E-state index contributed by atoms with van der Waals surface area (Å²) in [6.07, 6.45) is -3.35. The number of carbonyl (C=O) groups is 1. The molecule has 0 unspecified atom stereocenters. The van der Waals surface area contributed by atoms with Crippen molar-refractivity contribution in [2.75, 3.05) is 19.7 Å². The fourth-order valence-corrected chi connectivity index (χ4v) is 2.98. The number of nitrogens with two attached hydrogens (primary N) is 1. The molecule has 1 aromatic rings. The summed E-state index contributed by atoms with van der Waals surface area (Å²) in [5.74, 6) is 0.0483. The Morgan fingerprint density at radius 1 is 1.17 bits per heavy atom. The number of rotatable bonds is 2. The molecule has 4 nitrogen and oxygen atoms in total. The molecule has 0 saturated carbocycles. The molecular formula is C16H19F3N2O2. The van der Waals surface area contributed by atoms with E-state index in [1.54, 1.807) is 4.90 Å². The van der Waals surface area contributed by atoms with Crippen LogP contribution in [0.5, 0.6) is 0 Å². The van der Waals surface area contributed by atoms with Gasteiger partial charge in [-0.2, -0.15) is 13.2 Å². The lowest BCUT2D eigenvalue weighted by molar-refractivity contribution is -0.151. The van der Waals surface area contributed by atoms with Crippen molar-refractivity contribution >= 4 is 5.91 Å². The van der Waals surface area contributed by atoms with Crippen LogP contribution in [0.25, 0.3) is 0 Å². The Hall–Kier alpha value is -1.60. The highest BCUT2D eigenvalue weighted by molar-refractivity contribution is 5.82. The molecular weight excluding hydrogens is 309 g/mol. The van der Waals surface area contributed by atoms with E-state index in [1.807, 2.05) is 0 Å². The summed E-state index contributed by atoms with van der Waals surface area (Å²) >= 11 is 0. The number of hydrogen-bond donors (Lipinski definition) is 1. The summed E-state index contributed by atoms with van der Waals surface area (Å²) in [6, 6.07) is 5.16. The van der Waals surface area contributed by atoms with Crippen LogP contribution in [0.1, 0.15) is 29.9 Å². The van der Waals surface area contributed by atoms with Crippen molar-refractivity contribution < 1.29 is 22.7 Å². The third kappa shape index (κ3) is 3.50. The van der Waals surface area contributed by atoms with E-state index in [1.165, 1.54) is 12.1 Å². The van der Waals surface area contributed by atoms with Gasteiger partial charge in [0, 0.05) is 25.0 Å². The fourth-order valence-electron chi connectivity index (χ4n) is 2.98. The number of hydrogen-bond acceptors (Lipinski definition) is 3. The highest BCUT2D eigenvalue weighted by Gasteiger charge is 2.37. The van der Waals surface area contributed by atoms with Crippen molar-refractivity contribution in [3.8, 4) is 0 Å². The fraction of sp³-hybridized carbons (Fsp3) is 0.562. The SMILES string of the molecule is N[C@@H]1CC[C@@H](C(=O)N2CC(c3ccc(C(F)(F)F)cc3)C2)OC1. The Kier molecular flexibility index (Phi) is 4.33. The third-order valence-electron chi connectivity index (χ3n) is 4.49. The van der Waals surface area contributed by atoms with E-state index in [2.05, 4.69) is 0 Å². The number of carbonyl (C=O) groups excluding carboxylic acids is 1. The molecule has 2 N–H and O–H groups in total. The largest absolute Gasteiger partial charge is 0.416 e. The van der Waals surface area contributed by atoms with E-state index in [0.29, 0.717) is 26.1 Å². The van der Waals surface area contributed by atoms with Crippen molar-refractivity contribution in [3.05, 3.63) is 35.4 Å². The summed E-state index contributed by atoms with van der Waals surface area (Å²) in [7, 11) is 0. The number of likely N-dealkylation sites (tertiary alicyclic amines) is 1. The van der Waals surface area contributed by atoms with Crippen LogP contribution in [0.4, 0.5) is 13.2 Å². The van der Waals surface area contributed by atoms with Crippen LogP contribution < -0.4 is 5.73 Å². The number of nitrogens with zero attached hydrogens (tertiary/aromatic N) is 1. The molecule has 0 spiro atoms. The molecule has 2 fully saturated rings. The first-order valence-corrected chi connectivity index (χ1v) is 7.67. The van der Waals surface area contributed by atoms with Crippen LogP contribution in [0.3, 0.4) is 0 Å². The molecule has 2 aliphatic heterocycles. The number of halogens is 3. The van der Waals surface area contributed by atoms with Crippen molar-refractivity contribution in [1.82, 2.24) is 4.90 Å². The van der Waals surface area contributed by atoms with Gasteiger partial charge >= 0.3 is 6.18 Å². The van der Waals surface area contributed by atoms with Crippen LogP contribution in [0, 0.1) is 0 Å². The molecule has 3 rings (SSSR count).